The van der Waals surface area contributed by atoms with Gasteiger partial charge < -0.3 is 28.5 Å². The molecule has 0 aliphatic carbocycles. The number of rotatable bonds is 70. The van der Waals surface area contributed by atoms with E-state index in [1.807, 2.05) is 21.1 Å². The number of aliphatic carboxylic acids is 1. The molecule has 0 radical (unpaired) electrons. The topological polar surface area (TPSA) is 108 Å². The normalized spacial score (nSPS) is 13.1. The largest absolute Gasteiger partial charge is 0.477 e. The Hall–Kier alpha value is -3.27. The van der Waals surface area contributed by atoms with Gasteiger partial charge in [-0.05, 0) is 64.2 Å². The molecule has 1 N–H and O–H groups in total. The van der Waals surface area contributed by atoms with Gasteiger partial charge in [-0.15, -0.1) is 0 Å². The van der Waals surface area contributed by atoms with Crippen LogP contribution in [-0.4, -0.2) is 87.4 Å². The number of carbonyl (C=O) groups is 3. The van der Waals surface area contributed by atoms with Crippen LogP contribution in [-0.2, 0) is 33.3 Å². The maximum absolute atomic E-state index is 13.0. The van der Waals surface area contributed by atoms with Crippen LogP contribution in [0.2, 0.25) is 0 Å². The minimum absolute atomic E-state index is 0.178. The Morgan fingerprint density at radius 2 is 0.648 bits per heavy atom. The van der Waals surface area contributed by atoms with Crippen molar-refractivity contribution in [3.05, 3.63) is 72.9 Å². The number of nitrogens with zero attached hydrogens (tertiary/aromatic N) is 1. The minimum Gasteiger partial charge on any atom is -0.477 e. The van der Waals surface area contributed by atoms with E-state index >= 15 is 0 Å². The van der Waals surface area contributed by atoms with Crippen LogP contribution in [0.1, 0.15) is 354 Å². The molecule has 512 valence electrons. The van der Waals surface area contributed by atoms with Gasteiger partial charge in [-0.2, -0.15) is 0 Å². The highest BCUT2D eigenvalue weighted by molar-refractivity contribution is 5.71. The second kappa shape index (κ2) is 69.6. The number of esters is 2. The number of allylic oxidation sites excluding steroid dienone is 12. The molecule has 0 aromatic rings. The van der Waals surface area contributed by atoms with Crippen LogP contribution >= 0.6 is 0 Å². The molecular formula is C79H144NO8+. The van der Waals surface area contributed by atoms with Crippen molar-refractivity contribution in [3.8, 4) is 0 Å². The third-order valence-electron chi connectivity index (χ3n) is 16.7. The molecule has 2 unspecified atom stereocenters. The van der Waals surface area contributed by atoms with E-state index in [9.17, 15) is 19.5 Å². The predicted molar refractivity (Wildman–Crippen MR) is 378 cm³/mol. The molecule has 0 bridgehead atoms. The van der Waals surface area contributed by atoms with E-state index in [-0.39, 0.29) is 38.2 Å². The monoisotopic (exact) mass is 1240 g/mol. The summed E-state index contributed by atoms with van der Waals surface area (Å²) in [6, 6.07) is 0. The number of quaternary nitrogens is 1. The van der Waals surface area contributed by atoms with Crippen molar-refractivity contribution in [2.75, 3.05) is 47.5 Å². The van der Waals surface area contributed by atoms with E-state index in [4.69, 9.17) is 18.9 Å². The van der Waals surface area contributed by atoms with Crippen molar-refractivity contribution in [2.45, 2.75) is 367 Å². The summed E-state index contributed by atoms with van der Waals surface area (Å²) in [5.74, 6) is -1.98. The van der Waals surface area contributed by atoms with Crippen LogP contribution in [0.3, 0.4) is 0 Å². The zero-order valence-electron chi connectivity index (χ0n) is 58.6. The van der Waals surface area contributed by atoms with Gasteiger partial charge in [0.05, 0.1) is 34.4 Å². The fourth-order valence-electron chi connectivity index (χ4n) is 11.0. The van der Waals surface area contributed by atoms with Crippen LogP contribution in [0.15, 0.2) is 72.9 Å². The molecule has 0 amide bonds. The van der Waals surface area contributed by atoms with Gasteiger partial charge in [0.2, 0.25) is 0 Å². The van der Waals surface area contributed by atoms with Gasteiger partial charge in [-0.3, -0.25) is 9.59 Å². The van der Waals surface area contributed by atoms with Gasteiger partial charge in [0.25, 0.3) is 6.29 Å². The smallest absolute Gasteiger partial charge is 0.361 e. The summed E-state index contributed by atoms with van der Waals surface area (Å²) in [6.07, 6.45) is 90.4. The summed E-state index contributed by atoms with van der Waals surface area (Å²) in [5, 5.41) is 9.76. The van der Waals surface area contributed by atoms with Crippen molar-refractivity contribution in [2.24, 2.45) is 0 Å². The lowest BCUT2D eigenvalue weighted by Gasteiger charge is -2.25. The van der Waals surface area contributed by atoms with E-state index in [1.165, 1.54) is 250 Å². The number of carbonyl (C=O) groups excluding carboxylic acids is 2. The molecular weight excluding hydrogens is 1090 g/mol. The second-order valence-electron chi connectivity index (χ2n) is 26.6. The molecule has 0 saturated carbocycles. The van der Waals surface area contributed by atoms with E-state index in [0.717, 1.165) is 77.0 Å². The van der Waals surface area contributed by atoms with Gasteiger partial charge in [-0.1, -0.05) is 350 Å². The summed E-state index contributed by atoms with van der Waals surface area (Å²) in [4.78, 5) is 37.7. The number of carboxylic acids is 1. The number of ether oxygens (including phenoxy) is 4. The van der Waals surface area contributed by atoms with Gasteiger partial charge in [0, 0.05) is 12.8 Å². The average molecular weight is 1240 g/mol. The van der Waals surface area contributed by atoms with Crippen LogP contribution in [0.25, 0.3) is 0 Å². The third-order valence-corrected chi connectivity index (χ3v) is 16.7. The first kappa shape index (κ1) is 84.7. The molecule has 0 aliphatic heterocycles. The minimum atomic E-state index is -1.51. The average Bonchev–Trinajstić information content (AvgIpc) is 3.54. The second-order valence-corrected chi connectivity index (χ2v) is 26.6. The van der Waals surface area contributed by atoms with Gasteiger partial charge in [-0.25, -0.2) is 4.79 Å². The molecule has 2 atom stereocenters. The van der Waals surface area contributed by atoms with E-state index in [2.05, 4.69) is 86.8 Å². The summed E-state index contributed by atoms with van der Waals surface area (Å²) in [5.41, 5.74) is 0. The Morgan fingerprint density at radius 3 is 0.966 bits per heavy atom. The molecule has 0 aliphatic rings. The van der Waals surface area contributed by atoms with Crippen molar-refractivity contribution in [1.82, 2.24) is 0 Å². The van der Waals surface area contributed by atoms with Crippen molar-refractivity contribution < 1.29 is 42.9 Å². The lowest BCUT2D eigenvalue weighted by Crippen LogP contribution is -2.40. The Bertz CT molecular complexity index is 1680. The number of hydrogen-bond donors (Lipinski definition) is 1. The maximum atomic E-state index is 13.0. The predicted octanol–water partition coefficient (Wildman–Crippen LogP) is 23.6. The number of hydrogen-bond acceptors (Lipinski definition) is 7. The molecule has 9 nitrogen and oxygen atoms in total. The van der Waals surface area contributed by atoms with Gasteiger partial charge in [0.15, 0.2) is 6.10 Å². The molecule has 0 saturated heterocycles. The van der Waals surface area contributed by atoms with Gasteiger partial charge in [0.1, 0.15) is 13.2 Å². The van der Waals surface area contributed by atoms with Crippen molar-refractivity contribution in [1.29, 1.82) is 0 Å². The highest BCUT2D eigenvalue weighted by Gasteiger charge is 2.25. The number of unbranched alkanes of at least 4 members (excludes halogenated alkanes) is 43. The van der Waals surface area contributed by atoms with Crippen molar-refractivity contribution >= 4 is 17.9 Å². The fourth-order valence-corrected chi connectivity index (χ4v) is 11.0. The maximum Gasteiger partial charge on any atom is 0.361 e. The van der Waals surface area contributed by atoms with Gasteiger partial charge >= 0.3 is 17.9 Å². The van der Waals surface area contributed by atoms with E-state index in [1.54, 1.807) is 0 Å². The highest BCUT2D eigenvalue weighted by atomic mass is 16.7. The molecule has 0 rings (SSSR count). The van der Waals surface area contributed by atoms with Crippen LogP contribution in [0.5, 0.6) is 0 Å². The fraction of sp³-hybridized carbons (Fsp3) is 0.810. The Kier molecular flexibility index (Phi) is 67.0. The summed E-state index contributed by atoms with van der Waals surface area (Å²) in [6.45, 7) is 4.83. The Balaban J connectivity index is 4.03. The summed E-state index contributed by atoms with van der Waals surface area (Å²) < 4.78 is 23.0. The number of carboxylic acid groups (broad SMARTS) is 1. The first-order valence-electron chi connectivity index (χ1n) is 37.6. The molecule has 88 heavy (non-hydrogen) atoms. The zero-order chi connectivity index (χ0) is 64.0. The molecule has 9 heteroatoms. The lowest BCUT2D eigenvalue weighted by atomic mass is 10.0. The zero-order valence-corrected chi connectivity index (χ0v) is 58.6. The van der Waals surface area contributed by atoms with E-state index < -0.39 is 18.4 Å². The highest BCUT2D eigenvalue weighted by Crippen LogP contribution is 2.19. The van der Waals surface area contributed by atoms with Crippen LogP contribution < -0.4 is 0 Å². The quantitative estimate of drug-likeness (QED) is 0.0211. The molecule has 0 spiro atoms. The molecule has 0 fully saturated rings. The lowest BCUT2D eigenvalue weighted by molar-refractivity contribution is -0.870. The molecule has 0 aromatic heterocycles. The molecule has 0 heterocycles. The first-order chi connectivity index (χ1) is 43.1. The standard InChI is InChI=1S/C79H143NO8/c1-6-8-10-12-14-16-18-20-22-24-26-28-30-32-34-35-36-37-38-39-40-41-42-43-44-46-48-50-52-54-56-58-60-62-64-66-68-70-77(82)88-75(74-87-79(78(83)84)85-72-71-80(3,4)5)73-86-76(81)69-67-65-63-61-59-57-55-53-51-49-47-45-33-31-29-27-25-23-21-19-17-15-13-11-9-7-2/h8,10,14,16,20,22,26,28,32,34,36-37,75,79H,6-7,9,11-13,15,17-19,21,23-25,27,29-31,33,35,38-74H2,1-5H3/p+1/b10-8-,16-14-,22-20-,28-26-,34-32-,37-36-. The van der Waals surface area contributed by atoms with Crippen molar-refractivity contribution in [3.63, 3.8) is 0 Å². The summed E-state index contributed by atoms with van der Waals surface area (Å²) >= 11 is 0. The third kappa shape index (κ3) is 70.2. The summed E-state index contributed by atoms with van der Waals surface area (Å²) in [7, 11) is 5.99. The number of likely N-dealkylation sites (N-methyl/N-ethyl adjacent to an activating group) is 1. The Labute approximate surface area is 545 Å². The molecule has 0 aromatic carbocycles. The van der Waals surface area contributed by atoms with E-state index in [0.29, 0.717) is 17.4 Å². The Morgan fingerprint density at radius 1 is 0.352 bits per heavy atom. The SMILES string of the molecule is CC/C=C\C/C=C\C/C=C\C/C=C\C/C=C\C/C=C\CCCCCCCCCCCCCCCCCCCCC(=O)OC(COC(=O)CCCCCCCCCCCCCCCCCCCCCCCCCCCC)COC(OCC[N+](C)(C)C)C(=O)O. The van der Waals surface area contributed by atoms with Crippen LogP contribution in [0, 0.1) is 0 Å². The van der Waals surface area contributed by atoms with Crippen LogP contribution in [0.4, 0.5) is 0 Å². The first-order valence-corrected chi connectivity index (χ1v) is 37.6.